The van der Waals surface area contributed by atoms with Gasteiger partial charge in [-0.25, -0.2) is 0 Å². The molecule has 1 aromatic carbocycles. The van der Waals surface area contributed by atoms with Gasteiger partial charge in [-0.05, 0) is 44.4 Å². The van der Waals surface area contributed by atoms with Crippen LogP contribution in [0.4, 0.5) is 5.69 Å². The number of anilines is 1. The monoisotopic (exact) mass is 300 g/mol. The van der Waals surface area contributed by atoms with E-state index in [0.29, 0.717) is 5.56 Å². The van der Waals surface area contributed by atoms with Crippen molar-refractivity contribution in [3.05, 3.63) is 51.7 Å². The van der Waals surface area contributed by atoms with Crippen LogP contribution in [0.25, 0.3) is 0 Å². The normalized spacial score (nSPS) is 12.2. The zero-order valence-electron chi connectivity index (χ0n) is 12.6. The van der Waals surface area contributed by atoms with Crippen LogP contribution < -0.4 is 4.90 Å². The molecule has 0 saturated carbocycles. The van der Waals surface area contributed by atoms with Crippen LogP contribution in [0, 0.1) is 11.3 Å². The molecule has 1 N–H and O–H groups in total. The van der Waals surface area contributed by atoms with Gasteiger partial charge in [0.2, 0.25) is 0 Å². The standard InChI is InChI=1S/C17H20N2OS/c1-12(2)19(11-15-5-4-8-21-15)17-9-14(10-18)6-7-16(17)13(3)20/h4-9,12-13,20H,11H2,1-3H3. The van der Waals surface area contributed by atoms with Crippen molar-refractivity contribution in [3.8, 4) is 6.07 Å². The van der Waals surface area contributed by atoms with E-state index in [2.05, 4.69) is 36.3 Å². The molecule has 1 heterocycles. The lowest BCUT2D eigenvalue weighted by Crippen LogP contribution is -2.31. The summed E-state index contributed by atoms with van der Waals surface area (Å²) < 4.78 is 0. The molecule has 0 amide bonds. The van der Waals surface area contributed by atoms with Gasteiger partial charge in [0, 0.05) is 22.2 Å². The van der Waals surface area contributed by atoms with Gasteiger partial charge in [-0.2, -0.15) is 5.26 Å². The fourth-order valence-electron chi connectivity index (χ4n) is 2.33. The lowest BCUT2D eigenvalue weighted by atomic mass is 10.0. The topological polar surface area (TPSA) is 47.3 Å². The van der Waals surface area contributed by atoms with Crippen LogP contribution in [0.1, 0.15) is 42.9 Å². The summed E-state index contributed by atoms with van der Waals surface area (Å²) >= 11 is 1.72. The van der Waals surface area contributed by atoms with Crippen molar-refractivity contribution in [1.82, 2.24) is 0 Å². The fourth-order valence-corrected chi connectivity index (χ4v) is 3.03. The predicted octanol–water partition coefficient (Wildman–Crippen LogP) is 4.09. The molecule has 0 aliphatic heterocycles. The van der Waals surface area contributed by atoms with Crippen LogP contribution in [-0.4, -0.2) is 11.1 Å². The summed E-state index contributed by atoms with van der Waals surface area (Å²) in [6.07, 6.45) is -0.558. The van der Waals surface area contributed by atoms with Crippen molar-refractivity contribution in [2.24, 2.45) is 0 Å². The molecule has 0 spiro atoms. The van der Waals surface area contributed by atoms with Crippen molar-refractivity contribution in [2.45, 2.75) is 39.5 Å². The van der Waals surface area contributed by atoms with Gasteiger partial charge in [-0.15, -0.1) is 11.3 Å². The number of aliphatic hydroxyl groups is 1. The second-order valence-corrected chi connectivity index (χ2v) is 6.39. The number of rotatable bonds is 5. The third-order valence-corrected chi connectivity index (χ3v) is 4.31. The van der Waals surface area contributed by atoms with E-state index in [1.807, 2.05) is 18.2 Å². The first-order chi connectivity index (χ1) is 10.0. The van der Waals surface area contributed by atoms with Gasteiger partial charge in [0.1, 0.15) is 0 Å². The number of hydrogen-bond donors (Lipinski definition) is 1. The maximum atomic E-state index is 10.0. The first kappa shape index (κ1) is 15.6. The summed E-state index contributed by atoms with van der Waals surface area (Å²) in [7, 11) is 0. The van der Waals surface area contributed by atoms with Crippen LogP contribution in [0.2, 0.25) is 0 Å². The Bertz CT molecular complexity index is 627. The predicted molar refractivity (Wildman–Crippen MR) is 87.4 cm³/mol. The summed E-state index contributed by atoms with van der Waals surface area (Å²) in [6, 6.07) is 12.1. The van der Waals surface area contributed by atoms with E-state index in [9.17, 15) is 5.11 Å². The molecule has 2 rings (SSSR count). The summed E-state index contributed by atoms with van der Waals surface area (Å²) in [4.78, 5) is 3.50. The van der Waals surface area contributed by atoms with E-state index in [1.54, 1.807) is 24.3 Å². The van der Waals surface area contributed by atoms with Crippen LogP contribution >= 0.6 is 11.3 Å². The molecule has 4 heteroatoms. The Balaban J connectivity index is 2.45. The number of nitrogens with zero attached hydrogens (tertiary/aromatic N) is 2. The molecular formula is C17H20N2OS. The Morgan fingerprint density at radius 2 is 2.05 bits per heavy atom. The summed E-state index contributed by atoms with van der Waals surface area (Å²) in [5.74, 6) is 0. The number of nitriles is 1. The Hall–Kier alpha value is -1.83. The quantitative estimate of drug-likeness (QED) is 0.904. The van der Waals surface area contributed by atoms with Crippen molar-refractivity contribution in [2.75, 3.05) is 4.90 Å². The fraction of sp³-hybridized carbons (Fsp3) is 0.353. The number of thiophene rings is 1. The maximum absolute atomic E-state index is 10.0. The van der Waals surface area contributed by atoms with Crippen molar-refractivity contribution < 1.29 is 5.11 Å². The summed E-state index contributed by atoms with van der Waals surface area (Å²) in [5.41, 5.74) is 2.41. The van der Waals surface area contributed by atoms with E-state index in [1.165, 1.54) is 4.88 Å². The molecular weight excluding hydrogens is 280 g/mol. The highest BCUT2D eigenvalue weighted by Gasteiger charge is 2.18. The highest BCUT2D eigenvalue weighted by molar-refractivity contribution is 7.09. The largest absolute Gasteiger partial charge is 0.389 e. The average Bonchev–Trinajstić information content (AvgIpc) is 2.96. The average molecular weight is 300 g/mol. The maximum Gasteiger partial charge on any atom is 0.0992 e. The smallest absolute Gasteiger partial charge is 0.0992 e. The molecule has 0 aliphatic carbocycles. The molecule has 21 heavy (non-hydrogen) atoms. The third-order valence-electron chi connectivity index (χ3n) is 3.45. The molecule has 1 aromatic heterocycles. The number of hydrogen-bond acceptors (Lipinski definition) is 4. The Morgan fingerprint density at radius 3 is 2.57 bits per heavy atom. The van der Waals surface area contributed by atoms with E-state index in [4.69, 9.17) is 5.26 Å². The van der Waals surface area contributed by atoms with Gasteiger partial charge in [-0.1, -0.05) is 12.1 Å². The van der Waals surface area contributed by atoms with Gasteiger partial charge in [-0.3, -0.25) is 0 Å². The van der Waals surface area contributed by atoms with Crippen LogP contribution in [0.3, 0.4) is 0 Å². The minimum absolute atomic E-state index is 0.276. The minimum atomic E-state index is -0.558. The first-order valence-corrected chi connectivity index (χ1v) is 7.92. The van der Waals surface area contributed by atoms with Crippen LogP contribution in [0.15, 0.2) is 35.7 Å². The molecule has 110 valence electrons. The van der Waals surface area contributed by atoms with Crippen LogP contribution in [0.5, 0.6) is 0 Å². The molecule has 0 saturated heterocycles. The van der Waals surface area contributed by atoms with Gasteiger partial charge in [0.05, 0.1) is 24.3 Å². The van der Waals surface area contributed by atoms with E-state index >= 15 is 0 Å². The molecule has 0 aliphatic rings. The molecule has 1 atom stereocenters. The Kier molecular flexibility index (Phi) is 5.00. The molecule has 0 radical (unpaired) electrons. The lowest BCUT2D eigenvalue weighted by molar-refractivity contribution is 0.199. The molecule has 2 aromatic rings. The van der Waals surface area contributed by atoms with Gasteiger partial charge in [0.15, 0.2) is 0 Å². The third kappa shape index (κ3) is 3.63. The van der Waals surface area contributed by atoms with Crippen molar-refractivity contribution in [1.29, 1.82) is 5.26 Å². The van der Waals surface area contributed by atoms with Crippen molar-refractivity contribution >= 4 is 17.0 Å². The highest BCUT2D eigenvalue weighted by Crippen LogP contribution is 2.31. The zero-order chi connectivity index (χ0) is 15.4. The van der Waals surface area contributed by atoms with E-state index < -0.39 is 6.10 Å². The van der Waals surface area contributed by atoms with E-state index in [0.717, 1.165) is 17.8 Å². The first-order valence-electron chi connectivity index (χ1n) is 7.04. The van der Waals surface area contributed by atoms with Gasteiger partial charge in [0.25, 0.3) is 0 Å². The molecule has 1 unspecified atom stereocenters. The van der Waals surface area contributed by atoms with Crippen molar-refractivity contribution in [3.63, 3.8) is 0 Å². The molecule has 3 nitrogen and oxygen atoms in total. The minimum Gasteiger partial charge on any atom is -0.389 e. The highest BCUT2D eigenvalue weighted by atomic mass is 32.1. The van der Waals surface area contributed by atoms with Gasteiger partial charge < -0.3 is 10.0 Å². The number of aliphatic hydroxyl groups excluding tert-OH is 1. The number of benzene rings is 1. The Labute approximate surface area is 130 Å². The summed E-state index contributed by atoms with van der Waals surface area (Å²) in [5, 5.41) is 21.2. The van der Waals surface area contributed by atoms with Crippen LogP contribution in [-0.2, 0) is 6.54 Å². The van der Waals surface area contributed by atoms with Gasteiger partial charge >= 0.3 is 0 Å². The second kappa shape index (κ2) is 6.75. The summed E-state index contributed by atoms with van der Waals surface area (Å²) in [6.45, 7) is 6.79. The van der Waals surface area contributed by atoms with E-state index in [-0.39, 0.29) is 6.04 Å². The molecule has 0 fully saturated rings. The lowest BCUT2D eigenvalue weighted by Gasteiger charge is -2.31. The second-order valence-electron chi connectivity index (χ2n) is 5.36. The Morgan fingerprint density at radius 1 is 1.29 bits per heavy atom. The SMILES string of the molecule is CC(O)c1ccc(C#N)cc1N(Cc1cccs1)C(C)C. The molecule has 0 bridgehead atoms. The zero-order valence-corrected chi connectivity index (χ0v) is 13.4.